The SMILES string of the molecule is [S]c1ncsn1. The molecule has 0 saturated heterocycles. The fourth-order valence-electron chi connectivity index (χ4n) is 0.161. The van der Waals surface area contributed by atoms with E-state index in [1.165, 1.54) is 11.5 Å². The van der Waals surface area contributed by atoms with E-state index in [4.69, 9.17) is 0 Å². The summed E-state index contributed by atoms with van der Waals surface area (Å²) < 4.78 is 3.66. The van der Waals surface area contributed by atoms with Crippen molar-refractivity contribution in [3.8, 4) is 0 Å². The minimum atomic E-state index is 0.444. The van der Waals surface area contributed by atoms with Crippen LogP contribution in [0.1, 0.15) is 0 Å². The van der Waals surface area contributed by atoms with E-state index in [-0.39, 0.29) is 0 Å². The Labute approximate surface area is 44.8 Å². The average Bonchev–Trinajstić information content (AvgIpc) is 1.86. The van der Waals surface area contributed by atoms with Gasteiger partial charge in [0, 0.05) is 0 Å². The predicted octanol–water partition coefficient (Wildman–Crippen LogP) is 1.09. The maximum atomic E-state index is 4.53. The first-order valence-electron chi connectivity index (χ1n) is 1.33. The largest absolute Gasteiger partial charge is 0.230 e. The van der Waals surface area contributed by atoms with E-state index in [0.29, 0.717) is 5.16 Å². The van der Waals surface area contributed by atoms with E-state index in [1.807, 2.05) is 0 Å². The van der Waals surface area contributed by atoms with E-state index in [0.717, 1.165) is 0 Å². The van der Waals surface area contributed by atoms with Crippen LogP contribution in [0.3, 0.4) is 0 Å². The van der Waals surface area contributed by atoms with Gasteiger partial charge >= 0.3 is 0 Å². The highest BCUT2D eigenvalue weighted by Gasteiger charge is 1.81. The summed E-state index contributed by atoms with van der Waals surface area (Å²) in [6.45, 7) is 0. The highest BCUT2D eigenvalue weighted by atomic mass is 32.1. The lowest BCUT2D eigenvalue weighted by Gasteiger charge is -1.59. The monoisotopic (exact) mass is 117 g/mol. The summed E-state index contributed by atoms with van der Waals surface area (Å²) in [6.07, 6.45) is 0. The molecule has 0 atom stereocenters. The molecule has 0 amide bonds. The van der Waals surface area contributed by atoms with Gasteiger partial charge in [-0.2, -0.15) is 4.37 Å². The van der Waals surface area contributed by atoms with E-state index in [2.05, 4.69) is 22.0 Å². The molecule has 0 fully saturated rings. The van der Waals surface area contributed by atoms with Crippen molar-refractivity contribution in [3.05, 3.63) is 5.51 Å². The molecule has 0 aliphatic rings. The molecule has 1 heterocycles. The normalized spacial score (nSPS) is 8.67. The van der Waals surface area contributed by atoms with Crippen molar-refractivity contribution in [1.82, 2.24) is 9.36 Å². The summed E-state index contributed by atoms with van der Waals surface area (Å²) in [4.78, 5) is 3.64. The highest BCUT2D eigenvalue weighted by molar-refractivity contribution is 7.80. The van der Waals surface area contributed by atoms with Gasteiger partial charge in [0.15, 0.2) is 0 Å². The molecule has 0 unspecified atom stereocenters. The second kappa shape index (κ2) is 1.49. The lowest BCUT2D eigenvalue weighted by atomic mass is 11.3. The van der Waals surface area contributed by atoms with Gasteiger partial charge in [-0.25, -0.2) is 4.98 Å². The molecular formula is C2HN2S2. The standard InChI is InChI=1S/C2HN2S2/c5-2-3-1-6-4-2/h1H. The summed E-state index contributed by atoms with van der Waals surface area (Å²) in [6, 6.07) is 0. The summed E-state index contributed by atoms with van der Waals surface area (Å²) in [5, 5.41) is 0.444. The molecule has 6 heavy (non-hydrogen) atoms. The Kier molecular flexibility index (Phi) is 0.979. The highest BCUT2D eigenvalue weighted by Crippen LogP contribution is 1.95. The molecule has 2 nitrogen and oxygen atoms in total. The molecule has 1 aromatic rings. The topological polar surface area (TPSA) is 25.8 Å². The van der Waals surface area contributed by atoms with Crippen molar-refractivity contribution >= 4 is 24.2 Å². The Morgan fingerprint density at radius 3 is 2.83 bits per heavy atom. The van der Waals surface area contributed by atoms with Crippen molar-refractivity contribution in [1.29, 1.82) is 0 Å². The number of aromatic nitrogens is 2. The van der Waals surface area contributed by atoms with Crippen LogP contribution in [-0.2, 0) is 0 Å². The smallest absolute Gasteiger partial charge is 0.214 e. The molecule has 0 aliphatic carbocycles. The van der Waals surface area contributed by atoms with E-state index in [9.17, 15) is 0 Å². The summed E-state index contributed by atoms with van der Waals surface area (Å²) in [5.74, 6) is 0. The van der Waals surface area contributed by atoms with Gasteiger partial charge in [-0.05, 0) is 24.2 Å². The Morgan fingerprint density at radius 2 is 2.67 bits per heavy atom. The van der Waals surface area contributed by atoms with E-state index in [1.54, 1.807) is 5.51 Å². The fraction of sp³-hybridized carbons (Fsp3) is 0. The molecule has 0 aliphatic heterocycles. The molecule has 4 heteroatoms. The van der Waals surface area contributed by atoms with Crippen LogP contribution < -0.4 is 0 Å². The van der Waals surface area contributed by atoms with Crippen molar-refractivity contribution in [2.24, 2.45) is 0 Å². The van der Waals surface area contributed by atoms with Crippen molar-refractivity contribution in [2.45, 2.75) is 5.16 Å². The Bertz CT molecular complexity index is 113. The molecule has 1 radical (unpaired) electrons. The van der Waals surface area contributed by atoms with E-state index >= 15 is 0 Å². The first-order valence-corrected chi connectivity index (χ1v) is 2.57. The molecule has 1 aromatic heterocycles. The predicted molar refractivity (Wildman–Crippen MR) is 25.8 cm³/mol. The third-order valence-electron chi connectivity index (χ3n) is 0.341. The lowest BCUT2D eigenvalue weighted by molar-refractivity contribution is 1.09. The molecular weight excluding hydrogens is 116 g/mol. The van der Waals surface area contributed by atoms with Gasteiger partial charge in [-0.1, -0.05) is 0 Å². The zero-order valence-corrected chi connectivity index (χ0v) is 4.42. The number of hydrogen-bond acceptors (Lipinski definition) is 3. The van der Waals surface area contributed by atoms with Crippen molar-refractivity contribution < 1.29 is 0 Å². The van der Waals surface area contributed by atoms with Gasteiger partial charge in [0.25, 0.3) is 0 Å². The molecule has 0 bridgehead atoms. The molecule has 1 rings (SSSR count). The second-order valence-electron chi connectivity index (χ2n) is 0.714. The van der Waals surface area contributed by atoms with Gasteiger partial charge in [-0.15, -0.1) is 0 Å². The Balaban J connectivity index is 3.05. The van der Waals surface area contributed by atoms with Crippen LogP contribution in [0, 0.1) is 0 Å². The Hall–Kier alpha value is -0.220. The third kappa shape index (κ3) is 0.636. The number of nitrogens with zero attached hydrogens (tertiary/aromatic N) is 2. The third-order valence-corrected chi connectivity index (χ3v) is 1.13. The van der Waals surface area contributed by atoms with E-state index < -0.39 is 0 Å². The second-order valence-corrected chi connectivity index (χ2v) is 1.68. The van der Waals surface area contributed by atoms with Gasteiger partial charge in [-0.3, -0.25) is 0 Å². The minimum absolute atomic E-state index is 0.444. The average molecular weight is 117 g/mol. The van der Waals surface area contributed by atoms with Gasteiger partial charge in [0.05, 0.1) is 0 Å². The lowest BCUT2D eigenvalue weighted by Crippen LogP contribution is -1.58. The summed E-state index contributed by atoms with van der Waals surface area (Å²) in [7, 11) is 0. The minimum Gasteiger partial charge on any atom is -0.214 e. The molecule has 0 spiro atoms. The van der Waals surface area contributed by atoms with Crippen LogP contribution in [0.2, 0.25) is 0 Å². The first-order chi connectivity index (χ1) is 2.89. The summed E-state index contributed by atoms with van der Waals surface area (Å²) >= 11 is 5.81. The zero-order valence-electron chi connectivity index (χ0n) is 2.79. The van der Waals surface area contributed by atoms with Crippen LogP contribution in [0.5, 0.6) is 0 Å². The van der Waals surface area contributed by atoms with Crippen LogP contribution >= 0.6 is 24.2 Å². The molecule has 31 valence electrons. The fourth-order valence-corrected chi connectivity index (χ4v) is 0.741. The Morgan fingerprint density at radius 1 is 1.83 bits per heavy atom. The van der Waals surface area contributed by atoms with Crippen molar-refractivity contribution in [2.75, 3.05) is 0 Å². The summed E-state index contributed by atoms with van der Waals surface area (Å²) in [5.41, 5.74) is 1.61. The van der Waals surface area contributed by atoms with Crippen LogP contribution in [0.15, 0.2) is 10.7 Å². The molecule has 0 N–H and O–H groups in total. The van der Waals surface area contributed by atoms with Crippen LogP contribution in [0.4, 0.5) is 0 Å². The zero-order chi connectivity index (χ0) is 4.41. The first kappa shape index (κ1) is 3.95. The maximum Gasteiger partial charge on any atom is 0.230 e. The van der Waals surface area contributed by atoms with Crippen LogP contribution in [-0.4, -0.2) is 9.36 Å². The maximum absolute atomic E-state index is 4.53. The van der Waals surface area contributed by atoms with Gasteiger partial charge in [0.1, 0.15) is 5.51 Å². The number of hydrogen-bond donors (Lipinski definition) is 0. The molecule has 0 saturated carbocycles. The van der Waals surface area contributed by atoms with Crippen molar-refractivity contribution in [3.63, 3.8) is 0 Å². The quantitative estimate of drug-likeness (QED) is 0.508. The van der Waals surface area contributed by atoms with Gasteiger partial charge in [0.2, 0.25) is 5.16 Å². The van der Waals surface area contributed by atoms with Gasteiger partial charge < -0.3 is 0 Å². The number of rotatable bonds is 0. The molecule has 0 aromatic carbocycles. The van der Waals surface area contributed by atoms with Crippen LogP contribution in [0.25, 0.3) is 0 Å².